The van der Waals surface area contributed by atoms with E-state index in [0.29, 0.717) is 24.5 Å². The number of rotatable bonds is 5. The predicted octanol–water partition coefficient (Wildman–Crippen LogP) is 4.73. The summed E-state index contributed by atoms with van der Waals surface area (Å²) in [5, 5.41) is 2.84. The summed E-state index contributed by atoms with van der Waals surface area (Å²) >= 11 is 0. The minimum Gasteiger partial charge on any atom is -0.494 e. The molecular formula is C25H35N3O4. The van der Waals surface area contributed by atoms with Crippen molar-refractivity contribution in [3.05, 3.63) is 51.7 Å². The summed E-state index contributed by atoms with van der Waals surface area (Å²) in [5.74, 6) is 1.22. The highest BCUT2D eigenvalue weighted by molar-refractivity contribution is 5.68. The van der Waals surface area contributed by atoms with Crippen LogP contribution in [0.4, 0.5) is 4.79 Å². The number of amides is 1. The van der Waals surface area contributed by atoms with Gasteiger partial charge in [-0.15, -0.1) is 0 Å². The molecule has 1 aliphatic carbocycles. The Labute approximate surface area is 190 Å². The van der Waals surface area contributed by atoms with Gasteiger partial charge < -0.3 is 14.8 Å². The molecule has 7 nitrogen and oxygen atoms in total. The minimum atomic E-state index is -0.619. The van der Waals surface area contributed by atoms with Crippen LogP contribution >= 0.6 is 0 Å². The van der Waals surface area contributed by atoms with Crippen molar-refractivity contribution < 1.29 is 14.3 Å². The summed E-state index contributed by atoms with van der Waals surface area (Å²) in [4.78, 5) is 31.0. The normalized spacial score (nSPS) is 16.1. The van der Waals surface area contributed by atoms with E-state index in [9.17, 15) is 9.59 Å². The third-order valence-corrected chi connectivity index (χ3v) is 5.51. The number of carbonyl (C=O) groups excluding carboxylic acids is 1. The lowest BCUT2D eigenvalue weighted by Crippen LogP contribution is -2.39. The molecule has 1 atom stereocenters. The van der Waals surface area contributed by atoms with Gasteiger partial charge in [-0.05, 0) is 83.6 Å². The van der Waals surface area contributed by atoms with Crippen LogP contribution in [0, 0.1) is 5.41 Å². The molecule has 0 radical (unpaired) electrons. The van der Waals surface area contributed by atoms with Crippen molar-refractivity contribution in [1.29, 1.82) is 0 Å². The van der Waals surface area contributed by atoms with Gasteiger partial charge in [-0.2, -0.15) is 0 Å². The first-order valence-electron chi connectivity index (χ1n) is 11.3. The van der Waals surface area contributed by atoms with Crippen LogP contribution in [0.1, 0.15) is 78.0 Å². The number of ether oxygens (including phenoxy) is 2. The largest absolute Gasteiger partial charge is 0.494 e. The summed E-state index contributed by atoms with van der Waals surface area (Å²) < 4.78 is 12.6. The molecule has 0 saturated heterocycles. The fraction of sp³-hybridized carbons (Fsp3) is 0.560. The highest BCUT2D eigenvalue weighted by Crippen LogP contribution is 2.33. The van der Waals surface area contributed by atoms with Gasteiger partial charge in [0.1, 0.15) is 17.2 Å². The number of hydrogen-bond donors (Lipinski definition) is 1. The zero-order valence-corrected chi connectivity index (χ0v) is 20.2. The predicted molar refractivity (Wildman–Crippen MR) is 125 cm³/mol. The van der Waals surface area contributed by atoms with E-state index in [1.807, 2.05) is 58.9 Å². The van der Waals surface area contributed by atoms with E-state index in [1.165, 1.54) is 0 Å². The van der Waals surface area contributed by atoms with E-state index in [-0.39, 0.29) is 11.0 Å². The Hall–Kier alpha value is -2.83. The number of nitrogens with zero attached hydrogens (tertiary/aromatic N) is 2. The molecule has 0 spiro atoms. The Morgan fingerprint density at radius 1 is 1.25 bits per heavy atom. The molecule has 32 heavy (non-hydrogen) atoms. The van der Waals surface area contributed by atoms with Gasteiger partial charge in [-0.1, -0.05) is 13.8 Å². The van der Waals surface area contributed by atoms with Crippen molar-refractivity contribution in [3.63, 3.8) is 0 Å². The molecule has 174 valence electrons. The van der Waals surface area contributed by atoms with Crippen LogP contribution in [-0.4, -0.2) is 27.9 Å². The van der Waals surface area contributed by atoms with E-state index in [2.05, 4.69) is 19.2 Å². The molecule has 2 aromatic rings. The highest BCUT2D eigenvalue weighted by Gasteiger charge is 2.31. The molecule has 1 N–H and O–H groups in total. The minimum absolute atomic E-state index is 0.0802. The van der Waals surface area contributed by atoms with Crippen molar-refractivity contribution in [1.82, 2.24) is 14.9 Å². The number of benzene rings is 1. The third-order valence-electron chi connectivity index (χ3n) is 5.51. The Balaban J connectivity index is 2.08. The van der Waals surface area contributed by atoms with Gasteiger partial charge in [0.2, 0.25) is 0 Å². The average Bonchev–Trinajstić information content (AvgIpc) is 2.66. The molecule has 0 bridgehead atoms. The molecule has 1 amide bonds. The number of aromatic nitrogens is 2. The van der Waals surface area contributed by atoms with Crippen LogP contribution in [-0.2, 0) is 17.6 Å². The van der Waals surface area contributed by atoms with Gasteiger partial charge in [0.25, 0.3) is 5.56 Å². The monoisotopic (exact) mass is 441 g/mol. The van der Waals surface area contributed by atoms with Gasteiger partial charge in [0.15, 0.2) is 0 Å². The summed E-state index contributed by atoms with van der Waals surface area (Å²) in [7, 11) is 0. The van der Waals surface area contributed by atoms with Crippen LogP contribution in [0.5, 0.6) is 5.75 Å². The van der Waals surface area contributed by atoms with E-state index in [0.717, 1.165) is 29.8 Å². The molecule has 1 heterocycles. The molecule has 0 saturated carbocycles. The van der Waals surface area contributed by atoms with Gasteiger partial charge in [0.05, 0.1) is 24.0 Å². The number of hydrogen-bond acceptors (Lipinski definition) is 5. The van der Waals surface area contributed by atoms with Crippen molar-refractivity contribution in [3.8, 4) is 11.4 Å². The SMILES string of the molecule is CCOc1ccc(-n2c([C@@H](C)NC(=O)OC(C)(C)C)nc3c(c2=O)CCC(C)(C)C3)cc1. The summed E-state index contributed by atoms with van der Waals surface area (Å²) in [6, 6.07) is 6.83. The summed E-state index contributed by atoms with van der Waals surface area (Å²) in [5.41, 5.74) is 1.64. The van der Waals surface area contributed by atoms with E-state index in [1.54, 1.807) is 4.57 Å². The topological polar surface area (TPSA) is 82.4 Å². The summed E-state index contributed by atoms with van der Waals surface area (Å²) in [6.45, 7) is 14.1. The van der Waals surface area contributed by atoms with Crippen LogP contribution in [0.3, 0.4) is 0 Å². The van der Waals surface area contributed by atoms with E-state index in [4.69, 9.17) is 14.5 Å². The second-order valence-electron chi connectivity index (χ2n) is 10.2. The van der Waals surface area contributed by atoms with Gasteiger partial charge >= 0.3 is 6.09 Å². The van der Waals surface area contributed by atoms with E-state index < -0.39 is 17.7 Å². The second kappa shape index (κ2) is 8.96. The maximum atomic E-state index is 13.6. The van der Waals surface area contributed by atoms with Crippen LogP contribution < -0.4 is 15.6 Å². The first kappa shape index (κ1) is 23.8. The highest BCUT2D eigenvalue weighted by atomic mass is 16.6. The first-order valence-corrected chi connectivity index (χ1v) is 11.3. The van der Waals surface area contributed by atoms with Crippen molar-refractivity contribution in [2.75, 3.05) is 6.61 Å². The number of fused-ring (bicyclic) bond motifs is 1. The zero-order chi connectivity index (χ0) is 23.7. The van der Waals surface area contributed by atoms with Gasteiger partial charge in [-0.25, -0.2) is 9.78 Å². The maximum absolute atomic E-state index is 13.6. The second-order valence-corrected chi connectivity index (χ2v) is 10.2. The Kier molecular flexibility index (Phi) is 6.67. The standard InChI is InChI=1S/C25H35N3O4/c1-8-31-18-11-9-17(10-12-18)28-21(16(2)26-23(30)32-24(3,4)5)27-20-15-25(6,7)14-13-19(20)22(28)29/h9-12,16H,8,13-15H2,1-7H3,(H,26,30)/t16-/m1/s1. The Morgan fingerprint density at radius 3 is 2.50 bits per heavy atom. The van der Waals surface area contributed by atoms with Crippen LogP contribution in [0.2, 0.25) is 0 Å². The quantitative estimate of drug-likeness (QED) is 0.725. The van der Waals surface area contributed by atoms with E-state index >= 15 is 0 Å². The smallest absolute Gasteiger partial charge is 0.408 e. The molecule has 0 unspecified atom stereocenters. The van der Waals surface area contributed by atoms with Crippen molar-refractivity contribution >= 4 is 6.09 Å². The number of carbonyl (C=O) groups is 1. The molecule has 1 aromatic heterocycles. The molecule has 3 rings (SSSR count). The third kappa shape index (κ3) is 5.50. The van der Waals surface area contributed by atoms with Crippen molar-refractivity contribution in [2.24, 2.45) is 5.41 Å². The lowest BCUT2D eigenvalue weighted by Gasteiger charge is -2.31. The molecule has 1 aromatic carbocycles. The van der Waals surface area contributed by atoms with Gasteiger partial charge in [0, 0.05) is 5.56 Å². The fourth-order valence-electron chi connectivity index (χ4n) is 3.97. The average molecular weight is 442 g/mol. The van der Waals surface area contributed by atoms with Crippen molar-refractivity contribution in [2.45, 2.75) is 79.4 Å². The van der Waals surface area contributed by atoms with Crippen LogP contribution in [0.15, 0.2) is 29.1 Å². The zero-order valence-electron chi connectivity index (χ0n) is 20.2. The summed E-state index contributed by atoms with van der Waals surface area (Å²) in [6.07, 6.45) is 1.81. The number of alkyl carbamates (subject to hydrolysis) is 1. The molecule has 0 aliphatic heterocycles. The maximum Gasteiger partial charge on any atom is 0.408 e. The Morgan fingerprint density at radius 2 is 1.91 bits per heavy atom. The number of nitrogens with one attached hydrogen (secondary N) is 1. The fourth-order valence-corrected chi connectivity index (χ4v) is 3.97. The first-order chi connectivity index (χ1) is 14.9. The lowest BCUT2D eigenvalue weighted by molar-refractivity contribution is 0.0505. The molecule has 0 fully saturated rings. The van der Waals surface area contributed by atoms with Gasteiger partial charge in [-0.3, -0.25) is 9.36 Å². The molecule has 1 aliphatic rings. The molecule has 7 heteroatoms. The van der Waals surface area contributed by atoms with Crippen LogP contribution in [0.25, 0.3) is 5.69 Å². The Bertz CT molecular complexity index is 1030. The lowest BCUT2D eigenvalue weighted by atomic mass is 9.76. The molecular weight excluding hydrogens is 406 g/mol.